The van der Waals surface area contributed by atoms with Gasteiger partial charge in [0, 0.05) is 10.9 Å². The van der Waals surface area contributed by atoms with Crippen molar-refractivity contribution in [3.8, 4) is 0 Å². The van der Waals surface area contributed by atoms with E-state index in [2.05, 4.69) is 0 Å². The molecule has 0 N–H and O–H groups in total. The van der Waals surface area contributed by atoms with Crippen molar-refractivity contribution in [3.63, 3.8) is 0 Å². The monoisotopic (exact) mass is 287 g/mol. The van der Waals surface area contributed by atoms with Crippen LogP contribution in [-0.4, -0.2) is 50.2 Å². The van der Waals surface area contributed by atoms with E-state index in [1.165, 1.54) is 11.3 Å². The van der Waals surface area contributed by atoms with Crippen LogP contribution in [0.15, 0.2) is 12.1 Å². The molecule has 18 heavy (non-hydrogen) atoms. The summed E-state index contributed by atoms with van der Waals surface area (Å²) >= 11 is 1.49. The number of sulfone groups is 1. The van der Waals surface area contributed by atoms with Gasteiger partial charge in [-0.2, -0.15) is 0 Å². The third-order valence-electron chi connectivity index (χ3n) is 3.24. The molecule has 0 aromatic carbocycles. The van der Waals surface area contributed by atoms with Crippen LogP contribution in [0.5, 0.6) is 0 Å². The Hall–Kier alpha value is -0.720. The van der Waals surface area contributed by atoms with Crippen molar-refractivity contribution in [1.82, 2.24) is 4.90 Å². The molecule has 1 aromatic rings. The van der Waals surface area contributed by atoms with Crippen LogP contribution in [0.1, 0.15) is 21.0 Å². The second kappa shape index (κ2) is 5.11. The normalized spacial score (nSPS) is 22.5. The largest absolute Gasteiger partial charge is 0.295 e. The number of aryl methyl sites for hydroxylation is 1. The number of carbonyl (C=O) groups is 1. The summed E-state index contributed by atoms with van der Waals surface area (Å²) in [6.45, 7) is 2.26. The molecule has 1 aliphatic rings. The van der Waals surface area contributed by atoms with E-state index in [1.807, 2.05) is 31.0 Å². The summed E-state index contributed by atoms with van der Waals surface area (Å²) in [6, 6.07) is 3.75. The lowest BCUT2D eigenvalue weighted by atomic mass is 10.2. The third kappa shape index (κ3) is 3.18. The number of ketones is 1. The fraction of sp³-hybridized carbons (Fsp3) is 0.583. The molecule has 1 aliphatic heterocycles. The highest BCUT2D eigenvalue weighted by Crippen LogP contribution is 2.19. The van der Waals surface area contributed by atoms with Gasteiger partial charge in [0.1, 0.15) is 0 Å². The van der Waals surface area contributed by atoms with Crippen molar-refractivity contribution < 1.29 is 13.2 Å². The topological polar surface area (TPSA) is 54.5 Å². The molecule has 0 amide bonds. The Morgan fingerprint density at radius 2 is 2.22 bits per heavy atom. The van der Waals surface area contributed by atoms with E-state index in [-0.39, 0.29) is 23.3 Å². The summed E-state index contributed by atoms with van der Waals surface area (Å²) in [5.74, 6) is 0.495. The van der Waals surface area contributed by atoms with Crippen LogP contribution in [0.4, 0.5) is 0 Å². The lowest BCUT2D eigenvalue weighted by molar-refractivity contribution is 0.0930. The number of likely N-dealkylation sites (N-methyl/N-ethyl adjacent to an activating group) is 1. The summed E-state index contributed by atoms with van der Waals surface area (Å²) in [4.78, 5) is 15.7. The van der Waals surface area contributed by atoms with E-state index in [0.29, 0.717) is 13.0 Å². The first-order chi connectivity index (χ1) is 8.37. The number of rotatable bonds is 4. The molecule has 0 radical (unpaired) electrons. The number of nitrogens with zero attached hydrogens (tertiary/aromatic N) is 1. The maximum Gasteiger partial charge on any atom is 0.186 e. The van der Waals surface area contributed by atoms with Gasteiger partial charge in [-0.05, 0) is 32.5 Å². The molecule has 0 saturated carbocycles. The standard InChI is InChI=1S/C12H17NO3S2/c1-9-3-4-12(17-9)11(14)7-13(2)10-5-6-18(15,16)8-10/h3-4,10H,5-8H2,1-2H3. The maximum atomic E-state index is 12.0. The molecule has 1 atom stereocenters. The van der Waals surface area contributed by atoms with Crippen molar-refractivity contribution in [2.45, 2.75) is 19.4 Å². The number of Topliss-reactive ketones (excluding diaryl/α,β-unsaturated/α-hetero) is 1. The van der Waals surface area contributed by atoms with Gasteiger partial charge in [0.05, 0.1) is 22.9 Å². The molecule has 1 saturated heterocycles. The van der Waals surface area contributed by atoms with Gasteiger partial charge in [0.25, 0.3) is 0 Å². The molecular formula is C12H17NO3S2. The van der Waals surface area contributed by atoms with Crippen LogP contribution in [0.2, 0.25) is 0 Å². The van der Waals surface area contributed by atoms with E-state index in [9.17, 15) is 13.2 Å². The highest BCUT2D eigenvalue weighted by atomic mass is 32.2. The summed E-state index contributed by atoms with van der Waals surface area (Å²) in [5.41, 5.74) is 0. The zero-order chi connectivity index (χ0) is 13.3. The molecule has 0 aliphatic carbocycles. The van der Waals surface area contributed by atoms with Crippen LogP contribution in [0.25, 0.3) is 0 Å². The fourth-order valence-electron chi connectivity index (χ4n) is 2.14. The van der Waals surface area contributed by atoms with Crippen LogP contribution in [0.3, 0.4) is 0 Å². The van der Waals surface area contributed by atoms with Gasteiger partial charge in [0.15, 0.2) is 15.6 Å². The summed E-state index contributed by atoms with van der Waals surface area (Å²) < 4.78 is 22.8. The van der Waals surface area contributed by atoms with Crippen molar-refractivity contribution in [1.29, 1.82) is 0 Å². The minimum absolute atomic E-state index is 0.0139. The van der Waals surface area contributed by atoms with Gasteiger partial charge in [-0.3, -0.25) is 9.69 Å². The lowest BCUT2D eigenvalue weighted by Crippen LogP contribution is -2.36. The highest BCUT2D eigenvalue weighted by Gasteiger charge is 2.31. The molecule has 4 nitrogen and oxygen atoms in total. The molecule has 2 heterocycles. The van der Waals surface area contributed by atoms with Crippen molar-refractivity contribution in [3.05, 3.63) is 21.9 Å². The third-order valence-corrected chi connectivity index (χ3v) is 6.03. The van der Waals surface area contributed by atoms with Crippen molar-refractivity contribution in [2.24, 2.45) is 0 Å². The minimum atomic E-state index is -2.89. The Morgan fingerprint density at radius 1 is 1.50 bits per heavy atom. The van der Waals surface area contributed by atoms with Gasteiger partial charge < -0.3 is 0 Å². The smallest absolute Gasteiger partial charge is 0.186 e. The number of hydrogen-bond acceptors (Lipinski definition) is 5. The molecule has 1 fully saturated rings. The number of thiophene rings is 1. The summed E-state index contributed by atoms with van der Waals surface area (Å²) in [5, 5.41) is 0. The molecular weight excluding hydrogens is 270 g/mol. The first kappa shape index (κ1) is 13.7. The average molecular weight is 287 g/mol. The SMILES string of the molecule is Cc1ccc(C(=O)CN(C)C2CCS(=O)(=O)C2)s1. The summed E-state index contributed by atoms with van der Waals surface area (Å²) in [6.07, 6.45) is 0.635. The van der Waals surface area contributed by atoms with E-state index >= 15 is 0 Å². The Bertz CT molecular complexity index is 547. The zero-order valence-corrected chi connectivity index (χ0v) is 12.2. The Morgan fingerprint density at radius 3 is 2.72 bits per heavy atom. The van der Waals surface area contributed by atoms with E-state index in [4.69, 9.17) is 0 Å². The van der Waals surface area contributed by atoms with Crippen LogP contribution in [0, 0.1) is 6.92 Å². The maximum absolute atomic E-state index is 12.0. The van der Waals surface area contributed by atoms with E-state index < -0.39 is 9.84 Å². The van der Waals surface area contributed by atoms with Gasteiger partial charge in [-0.25, -0.2) is 8.42 Å². The second-order valence-electron chi connectivity index (χ2n) is 4.81. The van der Waals surface area contributed by atoms with Gasteiger partial charge in [0.2, 0.25) is 0 Å². The Labute approximate surface area is 112 Å². The molecule has 0 spiro atoms. The minimum Gasteiger partial charge on any atom is -0.295 e. The number of hydrogen-bond donors (Lipinski definition) is 0. The first-order valence-corrected chi connectivity index (χ1v) is 8.51. The van der Waals surface area contributed by atoms with Crippen LogP contribution in [-0.2, 0) is 9.84 Å². The van der Waals surface area contributed by atoms with E-state index in [0.717, 1.165) is 9.75 Å². The zero-order valence-electron chi connectivity index (χ0n) is 10.5. The van der Waals surface area contributed by atoms with Crippen LogP contribution >= 0.6 is 11.3 Å². The van der Waals surface area contributed by atoms with Crippen LogP contribution < -0.4 is 0 Å². The number of carbonyl (C=O) groups excluding carboxylic acids is 1. The highest BCUT2D eigenvalue weighted by molar-refractivity contribution is 7.91. The molecule has 100 valence electrons. The molecule has 6 heteroatoms. The molecule has 2 rings (SSSR count). The summed E-state index contributed by atoms with van der Waals surface area (Å²) in [7, 11) is -1.06. The molecule has 1 unspecified atom stereocenters. The van der Waals surface area contributed by atoms with Gasteiger partial charge in [-0.1, -0.05) is 0 Å². The quantitative estimate of drug-likeness (QED) is 0.785. The second-order valence-corrected chi connectivity index (χ2v) is 8.32. The fourth-order valence-corrected chi connectivity index (χ4v) is 4.74. The molecule has 0 bridgehead atoms. The predicted octanol–water partition coefficient (Wildman–Crippen LogP) is 1.36. The molecule has 1 aromatic heterocycles. The van der Waals surface area contributed by atoms with Crippen molar-refractivity contribution >= 4 is 27.0 Å². The van der Waals surface area contributed by atoms with Gasteiger partial charge in [-0.15, -0.1) is 11.3 Å². The lowest BCUT2D eigenvalue weighted by Gasteiger charge is -2.21. The first-order valence-electron chi connectivity index (χ1n) is 5.88. The van der Waals surface area contributed by atoms with E-state index in [1.54, 1.807) is 0 Å². The van der Waals surface area contributed by atoms with Gasteiger partial charge >= 0.3 is 0 Å². The predicted molar refractivity (Wildman–Crippen MR) is 73.1 cm³/mol. The Balaban J connectivity index is 1.96. The average Bonchev–Trinajstić information content (AvgIpc) is 2.84. The van der Waals surface area contributed by atoms with Crippen molar-refractivity contribution in [2.75, 3.05) is 25.1 Å². The Kier molecular flexibility index (Phi) is 3.89.